The molecule has 0 bridgehead atoms. The summed E-state index contributed by atoms with van der Waals surface area (Å²) in [6, 6.07) is 0. The van der Waals surface area contributed by atoms with Crippen LogP contribution in [0.4, 0.5) is 0 Å². The monoisotopic (exact) mass is 230 g/mol. The second-order valence-corrected chi connectivity index (χ2v) is 5.88. The average Bonchev–Trinajstić information content (AvgIpc) is 2.42. The Morgan fingerprint density at radius 1 is 1.57 bits per heavy atom. The van der Waals surface area contributed by atoms with Crippen LogP contribution in [0, 0.1) is 5.92 Å². The van der Waals surface area contributed by atoms with Gasteiger partial charge in [-0.1, -0.05) is 25.4 Å². The minimum atomic E-state index is 0.696. The second-order valence-electron chi connectivity index (χ2n) is 4.22. The molecular weight excluding hydrogens is 216 g/mol. The van der Waals surface area contributed by atoms with Gasteiger partial charge in [-0.15, -0.1) is 11.3 Å². The molecule has 0 amide bonds. The maximum atomic E-state index is 5.89. The zero-order valence-electron chi connectivity index (χ0n) is 8.59. The molecule has 0 unspecified atom stereocenters. The number of hydrogen-bond donors (Lipinski definition) is 0. The summed E-state index contributed by atoms with van der Waals surface area (Å²) in [6.45, 7) is 7.86. The first-order chi connectivity index (χ1) is 6.65. The summed E-state index contributed by atoms with van der Waals surface area (Å²) in [7, 11) is 0. The summed E-state index contributed by atoms with van der Waals surface area (Å²) >= 11 is 7.53. The van der Waals surface area contributed by atoms with Crippen molar-refractivity contribution in [3.05, 3.63) is 15.0 Å². The van der Waals surface area contributed by atoms with Crippen molar-refractivity contribution in [3.63, 3.8) is 0 Å². The van der Waals surface area contributed by atoms with E-state index in [0.29, 0.717) is 4.47 Å². The first-order valence-corrected chi connectivity index (χ1v) is 6.21. The quantitative estimate of drug-likeness (QED) is 0.777. The number of aromatic nitrogens is 1. The highest BCUT2D eigenvalue weighted by Crippen LogP contribution is 2.28. The number of halogens is 1. The molecule has 1 aromatic heterocycles. The van der Waals surface area contributed by atoms with Gasteiger partial charge in [-0.05, 0) is 5.92 Å². The van der Waals surface area contributed by atoms with E-state index in [0.717, 1.165) is 25.4 Å². The lowest BCUT2D eigenvalue weighted by atomic mass is 10.1. The highest BCUT2D eigenvalue weighted by Gasteiger charge is 2.20. The van der Waals surface area contributed by atoms with E-state index in [1.54, 1.807) is 11.3 Å². The molecule has 0 aromatic carbocycles. The van der Waals surface area contributed by atoms with Crippen molar-refractivity contribution in [1.82, 2.24) is 9.88 Å². The van der Waals surface area contributed by atoms with Crippen LogP contribution in [0.2, 0.25) is 4.47 Å². The molecule has 78 valence electrons. The predicted octanol–water partition coefficient (Wildman–Crippen LogP) is 2.81. The lowest BCUT2D eigenvalue weighted by Crippen LogP contribution is -2.32. The fourth-order valence-electron chi connectivity index (χ4n) is 1.89. The molecule has 2 nitrogen and oxygen atoms in total. The largest absolute Gasteiger partial charge is 0.298 e. The predicted molar refractivity (Wildman–Crippen MR) is 60.9 cm³/mol. The van der Waals surface area contributed by atoms with Gasteiger partial charge in [-0.3, -0.25) is 4.90 Å². The number of fused-ring (bicyclic) bond motifs is 1. The van der Waals surface area contributed by atoms with Crippen LogP contribution >= 0.6 is 22.9 Å². The third-order valence-corrected chi connectivity index (χ3v) is 3.59. The van der Waals surface area contributed by atoms with Crippen LogP contribution in [0.3, 0.4) is 0 Å². The Morgan fingerprint density at radius 2 is 2.36 bits per heavy atom. The van der Waals surface area contributed by atoms with Crippen molar-refractivity contribution in [1.29, 1.82) is 0 Å². The zero-order valence-corrected chi connectivity index (χ0v) is 10.2. The lowest BCUT2D eigenvalue weighted by molar-refractivity contribution is 0.228. The Morgan fingerprint density at radius 3 is 3.07 bits per heavy atom. The van der Waals surface area contributed by atoms with Gasteiger partial charge in [-0.25, -0.2) is 4.98 Å². The topological polar surface area (TPSA) is 16.1 Å². The van der Waals surface area contributed by atoms with E-state index >= 15 is 0 Å². The third kappa shape index (κ3) is 2.27. The van der Waals surface area contributed by atoms with Crippen LogP contribution in [-0.4, -0.2) is 23.0 Å². The first-order valence-electron chi connectivity index (χ1n) is 5.01. The van der Waals surface area contributed by atoms with Crippen LogP contribution in [-0.2, 0) is 13.0 Å². The minimum Gasteiger partial charge on any atom is -0.298 e. The maximum Gasteiger partial charge on any atom is 0.184 e. The van der Waals surface area contributed by atoms with Gasteiger partial charge in [0, 0.05) is 30.9 Å². The molecule has 2 heterocycles. The highest BCUT2D eigenvalue weighted by molar-refractivity contribution is 7.15. The SMILES string of the molecule is CC(C)CN1CCc2nc(Cl)sc2C1. The van der Waals surface area contributed by atoms with E-state index in [9.17, 15) is 0 Å². The zero-order chi connectivity index (χ0) is 10.1. The fourth-order valence-corrected chi connectivity index (χ4v) is 3.14. The number of hydrogen-bond acceptors (Lipinski definition) is 3. The molecule has 0 spiro atoms. The molecule has 0 fully saturated rings. The van der Waals surface area contributed by atoms with Gasteiger partial charge >= 0.3 is 0 Å². The number of rotatable bonds is 2. The summed E-state index contributed by atoms with van der Waals surface area (Å²) in [5, 5.41) is 0. The van der Waals surface area contributed by atoms with Gasteiger partial charge < -0.3 is 0 Å². The molecule has 0 aliphatic carbocycles. The molecule has 0 saturated carbocycles. The maximum absolute atomic E-state index is 5.89. The van der Waals surface area contributed by atoms with Crippen molar-refractivity contribution >= 4 is 22.9 Å². The molecule has 4 heteroatoms. The fraction of sp³-hybridized carbons (Fsp3) is 0.700. The van der Waals surface area contributed by atoms with E-state index < -0.39 is 0 Å². The Labute approximate surface area is 93.9 Å². The summed E-state index contributed by atoms with van der Waals surface area (Å²) in [5.41, 5.74) is 1.22. The van der Waals surface area contributed by atoms with E-state index in [4.69, 9.17) is 11.6 Å². The normalized spacial score (nSPS) is 17.4. The summed E-state index contributed by atoms with van der Waals surface area (Å²) in [4.78, 5) is 8.17. The standard InChI is InChI=1S/C10H15ClN2S/c1-7(2)5-13-4-3-8-9(6-13)14-10(11)12-8/h7H,3-6H2,1-2H3. The Hall–Kier alpha value is -0.120. The van der Waals surface area contributed by atoms with Crippen LogP contribution in [0.25, 0.3) is 0 Å². The number of thiazole rings is 1. The van der Waals surface area contributed by atoms with E-state index in [1.165, 1.54) is 17.1 Å². The lowest BCUT2D eigenvalue weighted by Gasteiger charge is -2.27. The van der Waals surface area contributed by atoms with Crippen LogP contribution in [0.15, 0.2) is 0 Å². The van der Waals surface area contributed by atoms with Crippen LogP contribution < -0.4 is 0 Å². The van der Waals surface area contributed by atoms with Crippen molar-refractivity contribution in [2.24, 2.45) is 5.92 Å². The smallest absolute Gasteiger partial charge is 0.184 e. The Kier molecular flexibility index (Phi) is 3.10. The van der Waals surface area contributed by atoms with Gasteiger partial charge in [-0.2, -0.15) is 0 Å². The molecule has 0 N–H and O–H groups in total. The van der Waals surface area contributed by atoms with Crippen molar-refractivity contribution in [3.8, 4) is 0 Å². The molecule has 1 aliphatic rings. The highest BCUT2D eigenvalue weighted by atomic mass is 35.5. The van der Waals surface area contributed by atoms with E-state index in [2.05, 4.69) is 23.7 Å². The van der Waals surface area contributed by atoms with Crippen molar-refractivity contribution in [2.75, 3.05) is 13.1 Å². The summed E-state index contributed by atoms with van der Waals surface area (Å²) in [6.07, 6.45) is 1.06. The van der Waals surface area contributed by atoms with E-state index in [-0.39, 0.29) is 0 Å². The average molecular weight is 231 g/mol. The molecule has 1 aliphatic heterocycles. The van der Waals surface area contributed by atoms with Crippen LogP contribution in [0.1, 0.15) is 24.4 Å². The summed E-state index contributed by atoms with van der Waals surface area (Å²) in [5.74, 6) is 0.736. The van der Waals surface area contributed by atoms with Gasteiger partial charge in [0.15, 0.2) is 4.47 Å². The molecule has 0 atom stereocenters. The van der Waals surface area contributed by atoms with Crippen LogP contribution in [0.5, 0.6) is 0 Å². The molecular formula is C10H15ClN2S. The third-order valence-electron chi connectivity index (χ3n) is 2.41. The first kappa shape index (κ1) is 10.4. The van der Waals surface area contributed by atoms with Crippen molar-refractivity contribution in [2.45, 2.75) is 26.8 Å². The molecule has 14 heavy (non-hydrogen) atoms. The van der Waals surface area contributed by atoms with Gasteiger partial charge in [0.25, 0.3) is 0 Å². The Bertz CT molecular complexity index is 322. The van der Waals surface area contributed by atoms with E-state index in [1.807, 2.05) is 0 Å². The van der Waals surface area contributed by atoms with Gasteiger partial charge in [0.05, 0.1) is 5.69 Å². The number of nitrogens with zero attached hydrogens (tertiary/aromatic N) is 2. The minimum absolute atomic E-state index is 0.696. The van der Waals surface area contributed by atoms with Gasteiger partial charge in [0.1, 0.15) is 0 Å². The molecule has 0 radical (unpaired) electrons. The Balaban J connectivity index is 2.05. The molecule has 1 aromatic rings. The van der Waals surface area contributed by atoms with Gasteiger partial charge in [0.2, 0.25) is 0 Å². The summed E-state index contributed by atoms with van der Waals surface area (Å²) < 4.78 is 0.696. The second kappa shape index (κ2) is 4.17. The van der Waals surface area contributed by atoms with Crippen molar-refractivity contribution < 1.29 is 0 Å². The molecule has 0 saturated heterocycles. The molecule has 2 rings (SSSR count).